The molecule has 0 aliphatic carbocycles. The molecule has 3 heteroatoms. The zero-order valence-electron chi connectivity index (χ0n) is 6.13. The first kappa shape index (κ1) is 7.54. The SMILES string of the molecule is C[C@H]1NCCCC1C(=O)O. The third-order valence-corrected chi connectivity index (χ3v) is 2.08. The van der Waals surface area contributed by atoms with E-state index < -0.39 is 5.97 Å². The Kier molecular flexibility index (Phi) is 2.27. The Bertz CT molecular complexity index is 136. The van der Waals surface area contributed by atoms with Crippen LogP contribution in [-0.2, 0) is 4.79 Å². The van der Waals surface area contributed by atoms with Crippen molar-refractivity contribution >= 4 is 5.97 Å². The molecule has 0 aromatic heterocycles. The van der Waals surface area contributed by atoms with Gasteiger partial charge >= 0.3 is 5.97 Å². The summed E-state index contributed by atoms with van der Waals surface area (Å²) in [5, 5.41) is 11.8. The topological polar surface area (TPSA) is 49.3 Å². The zero-order chi connectivity index (χ0) is 7.56. The summed E-state index contributed by atoms with van der Waals surface area (Å²) in [6, 6.07) is 0.145. The molecule has 1 aliphatic rings. The number of hydrogen-bond acceptors (Lipinski definition) is 2. The minimum Gasteiger partial charge on any atom is -0.481 e. The molecule has 2 atom stereocenters. The smallest absolute Gasteiger partial charge is 0.308 e. The fraction of sp³-hybridized carbons (Fsp3) is 0.857. The van der Waals surface area contributed by atoms with Crippen LogP contribution in [0.3, 0.4) is 0 Å². The van der Waals surface area contributed by atoms with Gasteiger partial charge in [-0.25, -0.2) is 0 Å². The van der Waals surface area contributed by atoms with Crippen molar-refractivity contribution < 1.29 is 9.90 Å². The second-order valence-corrected chi connectivity index (χ2v) is 2.83. The number of hydrogen-bond donors (Lipinski definition) is 2. The molecule has 0 radical (unpaired) electrons. The number of carboxylic acid groups (broad SMARTS) is 1. The van der Waals surface area contributed by atoms with Crippen LogP contribution in [0.2, 0.25) is 0 Å². The molecule has 0 spiro atoms. The van der Waals surface area contributed by atoms with Crippen LogP contribution >= 0.6 is 0 Å². The number of nitrogens with one attached hydrogen (secondary N) is 1. The van der Waals surface area contributed by atoms with Crippen molar-refractivity contribution in [2.45, 2.75) is 25.8 Å². The third kappa shape index (κ3) is 1.48. The molecular weight excluding hydrogens is 130 g/mol. The molecule has 2 N–H and O–H groups in total. The summed E-state index contributed by atoms with van der Waals surface area (Å²) in [6.45, 7) is 2.89. The van der Waals surface area contributed by atoms with Crippen LogP contribution in [0.15, 0.2) is 0 Å². The van der Waals surface area contributed by atoms with Crippen molar-refractivity contribution in [3.63, 3.8) is 0 Å². The Labute approximate surface area is 60.4 Å². The van der Waals surface area contributed by atoms with Crippen LogP contribution in [0.4, 0.5) is 0 Å². The van der Waals surface area contributed by atoms with Crippen molar-refractivity contribution in [3.8, 4) is 0 Å². The predicted octanol–water partition coefficient (Wildman–Crippen LogP) is 0.459. The summed E-state index contributed by atoms with van der Waals surface area (Å²) in [4.78, 5) is 10.5. The normalized spacial score (nSPS) is 33.7. The van der Waals surface area contributed by atoms with Crippen molar-refractivity contribution in [1.82, 2.24) is 5.32 Å². The lowest BCUT2D eigenvalue weighted by Gasteiger charge is -2.26. The van der Waals surface area contributed by atoms with Gasteiger partial charge in [-0.1, -0.05) is 0 Å². The first-order valence-electron chi connectivity index (χ1n) is 3.68. The first-order chi connectivity index (χ1) is 4.72. The first-order valence-corrected chi connectivity index (χ1v) is 3.68. The number of carboxylic acids is 1. The van der Waals surface area contributed by atoms with Gasteiger partial charge < -0.3 is 10.4 Å². The van der Waals surface area contributed by atoms with Crippen LogP contribution in [-0.4, -0.2) is 23.7 Å². The van der Waals surface area contributed by atoms with Crippen molar-refractivity contribution in [1.29, 1.82) is 0 Å². The monoisotopic (exact) mass is 143 g/mol. The van der Waals surface area contributed by atoms with Gasteiger partial charge in [-0.15, -0.1) is 0 Å². The van der Waals surface area contributed by atoms with Crippen LogP contribution in [0, 0.1) is 5.92 Å². The lowest BCUT2D eigenvalue weighted by Crippen LogP contribution is -2.42. The van der Waals surface area contributed by atoms with E-state index in [-0.39, 0.29) is 12.0 Å². The van der Waals surface area contributed by atoms with Crippen molar-refractivity contribution in [2.75, 3.05) is 6.54 Å². The predicted molar refractivity (Wildman–Crippen MR) is 37.8 cm³/mol. The molecular formula is C7H13NO2. The molecule has 3 nitrogen and oxygen atoms in total. The highest BCUT2D eigenvalue weighted by Crippen LogP contribution is 2.15. The minimum absolute atomic E-state index is 0.145. The van der Waals surface area contributed by atoms with Gasteiger partial charge in [0.25, 0.3) is 0 Å². The average molecular weight is 143 g/mol. The maximum Gasteiger partial charge on any atom is 0.308 e. The fourth-order valence-corrected chi connectivity index (χ4v) is 1.38. The molecule has 1 rings (SSSR count). The van der Waals surface area contributed by atoms with E-state index >= 15 is 0 Å². The second-order valence-electron chi connectivity index (χ2n) is 2.83. The highest BCUT2D eigenvalue weighted by atomic mass is 16.4. The molecule has 58 valence electrons. The summed E-state index contributed by atoms with van der Waals surface area (Å²) in [5.74, 6) is -0.839. The Hall–Kier alpha value is -0.570. The minimum atomic E-state index is -0.667. The van der Waals surface area contributed by atoms with Gasteiger partial charge in [0.05, 0.1) is 5.92 Å². The van der Waals surface area contributed by atoms with E-state index in [4.69, 9.17) is 5.11 Å². The Morgan fingerprint density at radius 2 is 2.40 bits per heavy atom. The average Bonchev–Trinajstić information content (AvgIpc) is 1.88. The van der Waals surface area contributed by atoms with E-state index in [1.165, 1.54) is 0 Å². The van der Waals surface area contributed by atoms with Gasteiger partial charge in [-0.2, -0.15) is 0 Å². The lowest BCUT2D eigenvalue weighted by atomic mass is 9.92. The summed E-state index contributed by atoms with van der Waals surface area (Å²) in [5.41, 5.74) is 0. The van der Waals surface area contributed by atoms with E-state index in [0.717, 1.165) is 19.4 Å². The maximum absolute atomic E-state index is 10.5. The van der Waals surface area contributed by atoms with E-state index in [0.29, 0.717) is 0 Å². The van der Waals surface area contributed by atoms with Gasteiger partial charge in [0.1, 0.15) is 0 Å². The van der Waals surface area contributed by atoms with Crippen LogP contribution in [0.5, 0.6) is 0 Å². The fourth-order valence-electron chi connectivity index (χ4n) is 1.38. The molecule has 1 saturated heterocycles. The molecule has 0 aromatic rings. The van der Waals surface area contributed by atoms with E-state index in [1.807, 2.05) is 6.92 Å². The molecule has 1 heterocycles. The van der Waals surface area contributed by atoms with Crippen LogP contribution in [0.1, 0.15) is 19.8 Å². The lowest BCUT2D eigenvalue weighted by molar-refractivity contribution is -0.143. The van der Waals surface area contributed by atoms with Gasteiger partial charge in [-0.05, 0) is 26.3 Å². The molecule has 0 aromatic carbocycles. The quantitative estimate of drug-likeness (QED) is 0.560. The Morgan fingerprint density at radius 1 is 1.70 bits per heavy atom. The summed E-state index contributed by atoms with van der Waals surface area (Å²) < 4.78 is 0. The van der Waals surface area contributed by atoms with Crippen molar-refractivity contribution in [3.05, 3.63) is 0 Å². The summed E-state index contributed by atoms with van der Waals surface area (Å²) in [6.07, 6.45) is 1.81. The van der Waals surface area contributed by atoms with Gasteiger partial charge in [-0.3, -0.25) is 4.79 Å². The summed E-state index contributed by atoms with van der Waals surface area (Å²) in [7, 11) is 0. The second kappa shape index (κ2) is 3.01. The van der Waals surface area contributed by atoms with Crippen LogP contribution in [0.25, 0.3) is 0 Å². The number of carbonyl (C=O) groups is 1. The highest BCUT2D eigenvalue weighted by Gasteiger charge is 2.26. The Balaban J connectivity index is 2.47. The van der Waals surface area contributed by atoms with Gasteiger partial charge in [0, 0.05) is 6.04 Å². The van der Waals surface area contributed by atoms with Gasteiger partial charge in [0.2, 0.25) is 0 Å². The number of aliphatic carboxylic acids is 1. The van der Waals surface area contributed by atoms with Crippen molar-refractivity contribution in [2.24, 2.45) is 5.92 Å². The third-order valence-electron chi connectivity index (χ3n) is 2.08. The standard InChI is InChI=1S/C7H13NO2/c1-5-6(7(9)10)3-2-4-8-5/h5-6,8H,2-4H2,1H3,(H,9,10)/t5-,6?/m1/s1. The summed E-state index contributed by atoms with van der Waals surface area (Å²) >= 11 is 0. The number of rotatable bonds is 1. The van der Waals surface area contributed by atoms with E-state index in [9.17, 15) is 4.79 Å². The molecule has 0 bridgehead atoms. The maximum atomic E-state index is 10.5. The highest BCUT2D eigenvalue weighted by molar-refractivity contribution is 5.70. The molecule has 1 fully saturated rings. The Morgan fingerprint density at radius 3 is 2.80 bits per heavy atom. The van der Waals surface area contributed by atoms with Crippen LogP contribution < -0.4 is 5.32 Å². The molecule has 10 heavy (non-hydrogen) atoms. The molecule has 1 unspecified atom stereocenters. The van der Waals surface area contributed by atoms with E-state index in [2.05, 4.69) is 5.32 Å². The number of piperidine rings is 1. The zero-order valence-corrected chi connectivity index (χ0v) is 6.13. The molecule has 1 aliphatic heterocycles. The molecule has 0 saturated carbocycles. The van der Waals surface area contributed by atoms with Gasteiger partial charge in [0.15, 0.2) is 0 Å². The largest absolute Gasteiger partial charge is 0.481 e. The molecule has 0 amide bonds. The van der Waals surface area contributed by atoms with E-state index in [1.54, 1.807) is 0 Å².